The number of aromatic nitrogens is 1. The Morgan fingerprint density at radius 2 is 2.08 bits per heavy atom. The van der Waals surface area contributed by atoms with Crippen LogP contribution in [0.15, 0.2) is 24.3 Å². The number of carbonyl (C=O) groups excluding carboxylic acids is 1. The number of amides is 1. The van der Waals surface area contributed by atoms with Gasteiger partial charge in [0.1, 0.15) is 0 Å². The minimum absolute atomic E-state index is 0.0589. The molecule has 1 fully saturated rings. The second kappa shape index (κ2) is 7.27. The first-order valence-corrected chi connectivity index (χ1v) is 10.6. The van der Waals surface area contributed by atoms with Crippen LogP contribution in [0.25, 0.3) is 10.2 Å². The third-order valence-corrected chi connectivity index (χ3v) is 7.03. The minimum Gasteiger partial charge on any atom is -0.376 e. The molecule has 0 saturated carbocycles. The predicted molar refractivity (Wildman–Crippen MR) is 109 cm³/mol. The van der Waals surface area contributed by atoms with Crippen LogP contribution in [0.4, 0.5) is 5.13 Å². The lowest BCUT2D eigenvalue weighted by Crippen LogP contribution is -2.37. The maximum atomic E-state index is 13.2. The van der Waals surface area contributed by atoms with Gasteiger partial charge in [-0.25, -0.2) is 4.98 Å². The molecule has 3 aromatic rings. The number of ether oxygens (including phenoxy) is 1. The monoisotopic (exact) mass is 406 g/mol. The number of anilines is 1. The van der Waals surface area contributed by atoms with Crippen molar-refractivity contribution in [1.29, 1.82) is 0 Å². The van der Waals surface area contributed by atoms with E-state index in [1.54, 1.807) is 28.4 Å². The quantitative estimate of drug-likeness (QED) is 0.578. The molecule has 0 aliphatic carbocycles. The molecule has 1 aliphatic heterocycles. The van der Waals surface area contributed by atoms with Gasteiger partial charge in [-0.2, -0.15) is 0 Å². The second-order valence-corrected chi connectivity index (χ2v) is 9.22. The average molecular weight is 407 g/mol. The molecule has 4 rings (SSSR count). The van der Waals surface area contributed by atoms with Crippen molar-refractivity contribution < 1.29 is 9.53 Å². The van der Waals surface area contributed by atoms with Gasteiger partial charge in [0.2, 0.25) is 0 Å². The highest BCUT2D eigenvalue weighted by Gasteiger charge is 2.28. The highest BCUT2D eigenvalue weighted by molar-refractivity contribution is 7.22. The van der Waals surface area contributed by atoms with Gasteiger partial charge in [0.05, 0.1) is 32.1 Å². The van der Waals surface area contributed by atoms with Crippen molar-refractivity contribution in [3.8, 4) is 0 Å². The van der Waals surface area contributed by atoms with Gasteiger partial charge in [-0.1, -0.05) is 35.1 Å². The Morgan fingerprint density at radius 1 is 1.27 bits per heavy atom. The zero-order valence-electron chi connectivity index (χ0n) is 14.6. The SMILES string of the molecule is Cc1ccc(C)c2sc(N(CC3CCCO3)C(=O)c3ccc(Cl)s3)nc12. The van der Waals surface area contributed by atoms with Crippen LogP contribution in [-0.2, 0) is 4.74 Å². The number of thiophene rings is 1. The van der Waals surface area contributed by atoms with Crippen molar-refractivity contribution in [3.63, 3.8) is 0 Å². The van der Waals surface area contributed by atoms with E-state index in [1.165, 1.54) is 16.9 Å². The molecular formula is C19H19ClN2O2S2. The van der Waals surface area contributed by atoms with Crippen molar-refractivity contribution in [2.24, 2.45) is 0 Å². The standard InChI is InChI=1S/C19H19ClN2O2S2/c1-11-5-6-12(2)17-16(11)21-19(26-17)22(10-13-4-3-9-24-13)18(23)14-7-8-15(20)25-14/h5-8,13H,3-4,9-10H2,1-2H3. The maximum Gasteiger partial charge on any atom is 0.270 e. The molecule has 1 aromatic carbocycles. The first kappa shape index (κ1) is 17.9. The third kappa shape index (κ3) is 3.39. The zero-order chi connectivity index (χ0) is 18.3. The molecule has 7 heteroatoms. The van der Waals surface area contributed by atoms with Gasteiger partial charge in [-0.15, -0.1) is 11.3 Å². The summed E-state index contributed by atoms with van der Waals surface area (Å²) in [7, 11) is 0. The lowest BCUT2D eigenvalue weighted by Gasteiger charge is -2.22. The molecule has 0 N–H and O–H groups in total. The molecule has 3 heterocycles. The molecule has 0 radical (unpaired) electrons. The van der Waals surface area contributed by atoms with Crippen LogP contribution >= 0.6 is 34.3 Å². The third-order valence-electron chi connectivity index (χ3n) is 4.60. The fourth-order valence-corrected chi connectivity index (χ4v) is 5.28. The fraction of sp³-hybridized carbons (Fsp3) is 0.368. The van der Waals surface area contributed by atoms with Gasteiger partial charge >= 0.3 is 0 Å². The van der Waals surface area contributed by atoms with Gasteiger partial charge in [-0.05, 0) is 49.9 Å². The van der Waals surface area contributed by atoms with Crippen molar-refractivity contribution in [3.05, 3.63) is 44.6 Å². The van der Waals surface area contributed by atoms with E-state index in [2.05, 4.69) is 26.0 Å². The predicted octanol–water partition coefficient (Wildman–Crippen LogP) is 5.45. The first-order valence-electron chi connectivity index (χ1n) is 8.58. The number of carbonyl (C=O) groups is 1. The van der Waals surface area contributed by atoms with Gasteiger partial charge in [-0.3, -0.25) is 9.69 Å². The summed E-state index contributed by atoms with van der Waals surface area (Å²) in [6.45, 7) is 5.41. The van der Waals surface area contributed by atoms with Crippen LogP contribution < -0.4 is 4.90 Å². The van der Waals surface area contributed by atoms with E-state index >= 15 is 0 Å². The highest BCUT2D eigenvalue weighted by atomic mass is 35.5. The summed E-state index contributed by atoms with van der Waals surface area (Å²) in [6, 6.07) is 7.72. The summed E-state index contributed by atoms with van der Waals surface area (Å²) in [6.07, 6.45) is 2.07. The number of aryl methyl sites for hydroxylation is 2. The van der Waals surface area contributed by atoms with E-state index in [1.807, 2.05) is 0 Å². The molecule has 1 amide bonds. The topological polar surface area (TPSA) is 42.4 Å². The van der Waals surface area contributed by atoms with Crippen LogP contribution in [0, 0.1) is 13.8 Å². The van der Waals surface area contributed by atoms with E-state index in [-0.39, 0.29) is 12.0 Å². The zero-order valence-corrected chi connectivity index (χ0v) is 17.0. The number of halogens is 1. The molecule has 2 aromatic heterocycles. The Kier molecular flexibility index (Phi) is 5.01. The fourth-order valence-electron chi connectivity index (χ4n) is 3.17. The number of nitrogens with zero attached hydrogens (tertiary/aromatic N) is 2. The summed E-state index contributed by atoms with van der Waals surface area (Å²) in [5, 5.41) is 0.724. The number of fused-ring (bicyclic) bond motifs is 1. The number of thiazole rings is 1. The van der Waals surface area contributed by atoms with Gasteiger partial charge in [0, 0.05) is 6.61 Å². The number of benzene rings is 1. The maximum absolute atomic E-state index is 13.2. The Morgan fingerprint density at radius 3 is 2.73 bits per heavy atom. The highest BCUT2D eigenvalue weighted by Crippen LogP contribution is 2.35. The van der Waals surface area contributed by atoms with Crippen LogP contribution in [0.1, 0.15) is 33.6 Å². The Labute approximate surface area is 165 Å². The van der Waals surface area contributed by atoms with Crippen LogP contribution in [0.5, 0.6) is 0 Å². The summed E-state index contributed by atoms with van der Waals surface area (Å²) in [5.74, 6) is -0.0632. The van der Waals surface area contributed by atoms with Crippen LogP contribution in [-0.4, -0.2) is 30.1 Å². The average Bonchev–Trinajstić information content (AvgIpc) is 3.35. The summed E-state index contributed by atoms with van der Waals surface area (Å²) < 4.78 is 7.52. The van der Waals surface area contributed by atoms with Crippen LogP contribution in [0.2, 0.25) is 4.34 Å². The Balaban J connectivity index is 1.75. The number of hydrogen-bond acceptors (Lipinski definition) is 5. The van der Waals surface area contributed by atoms with Crippen LogP contribution in [0.3, 0.4) is 0 Å². The van der Waals surface area contributed by atoms with Gasteiger partial charge < -0.3 is 4.74 Å². The molecular weight excluding hydrogens is 388 g/mol. The lowest BCUT2D eigenvalue weighted by atomic mass is 10.1. The molecule has 1 aliphatic rings. The smallest absolute Gasteiger partial charge is 0.270 e. The molecule has 0 spiro atoms. The molecule has 0 bridgehead atoms. The second-order valence-electron chi connectivity index (χ2n) is 6.53. The molecule has 136 valence electrons. The minimum atomic E-state index is -0.0632. The summed E-state index contributed by atoms with van der Waals surface area (Å²) in [5.41, 5.74) is 3.27. The molecule has 1 atom stereocenters. The van der Waals surface area contributed by atoms with E-state index in [0.29, 0.717) is 15.8 Å². The van der Waals surface area contributed by atoms with E-state index in [9.17, 15) is 4.79 Å². The van der Waals surface area contributed by atoms with E-state index in [4.69, 9.17) is 21.3 Å². The van der Waals surface area contributed by atoms with Gasteiger partial charge in [0.25, 0.3) is 5.91 Å². The van der Waals surface area contributed by atoms with Crippen molar-refractivity contribution >= 4 is 55.5 Å². The van der Waals surface area contributed by atoms with Crippen molar-refractivity contribution in [2.45, 2.75) is 32.8 Å². The largest absolute Gasteiger partial charge is 0.376 e. The number of rotatable bonds is 4. The molecule has 1 unspecified atom stereocenters. The lowest BCUT2D eigenvalue weighted by molar-refractivity contribution is 0.0920. The molecule has 26 heavy (non-hydrogen) atoms. The Hall–Kier alpha value is -1.47. The van der Waals surface area contributed by atoms with Crippen molar-refractivity contribution in [1.82, 2.24) is 4.98 Å². The number of hydrogen-bond donors (Lipinski definition) is 0. The van der Waals surface area contributed by atoms with E-state index < -0.39 is 0 Å². The van der Waals surface area contributed by atoms with E-state index in [0.717, 1.165) is 40.4 Å². The van der Waals surface area contributed by atoms with Crippen molar-refractivity contribution in [2.75, 3.05) is 18.1 Å². The normalized spacial score (nSPS) is 17.1. The summed E-state index contributed by atoms with van der Waals surface area (Å²) >= 11 is 8.91. The molecule has 1 saturated heterocycles. The summed E-state index contributed by atoms with van der Waals surface area (Å²) in [4.78, 5) is 20.4. The first-order chi connectivity index (χ1) is 12.5. The molecule has 4 nitrogen and oxygen atoms in total. The Bertz CT molecular complexity index is 921. The van der Waals surface area contributed by atoms with Gasteiger partial charge in [0.15, 0.2) is 5.13 Å².